The zero-order valence-corrected chi connectivity index (χ0v) is 9.31. The highest BCUT2D eigenvalue weighted by Gasteiger charge is 2.10. The molecule has 2 heteroatoms. The normalized spacial score (nSPS) is 12.8. The molecule has 0 amide bonds. The Bertz CT molecular complexity index is 219. The van der Waals surface area contributed by atoms with Gasteiger partial charge in [0.1, 0.15) is 0 Å². The molecule has 0 aromatic heterocycles. The van der Waals surface area contributed by atoms with E-state index < -0.39 is 0 Å². The van der Waals surface area contributed by atoms with Gasteiger partial charge in [-0.1, -0.05) is 27.7 Å². The molecule has 1 N–H and O–H groups in total. The van der Waals surface area contributed by atoms with Crippen molar-refractivity contribution < 1.29 is 0 Å². The van der Waals surface area contributed by atoms with Crippen molar-refractivity contribution in [2.24, 2.45) is 11.8 Å². The highest BCUT2D eigenvalue weighted by atomic mass is 14.8. The van der Waals surface area contributed by atoms with E-state index in [0.717, 1.165) is 17.7 Å². The van der Waals surface area contributed by atoms with E-state index in [-0.39, 0.29) is 0 Å². The van der Waals surface area contributed by atoms with Gasteiger partial charge in [0.05, 0.1) is 11.6 Å². The number of hydrogen-bond acceptors (Lipinski definition) is 2. The van der Waals surface area contributed by atoms with Crippen LogP contribution in [-0.2, 0) is 0 Å². The molecule has 0 aliphatic carbocycles. The first-order valence-electron chi connectivity index (χ1n) is 4.83. The molecule has 74 valence electrons. The first kappa shape index (κ1) is 12.0. The second kappa shape index (κ2) is 5.64. The van der Waals surface area contributed by atoms with Crippen molar-refractivity contribution in [3.05, 3.63) is 11.3 Å². The topological polar surface area (TPSA) is 35.8 Å². The monoisotopic (exact) mass is 180 g/mol. The van der Waals surface area contributed by atoms with Crippen LogP contribution in [0.1, 0.15) is 34.1 Å². The summed E-state index contributed by atoms with van der Waals surface area (Å²) in [7, 11) is 1.89. The minimum atomic E-state index is 0.311. The van der Waals surface area contributed by atoms with Crippen molar-refractivity contribution in [3.8, 4) is 6.07 Å². The fourth-order valence-electron chi connectivity index (χ4n) is 1.30. The van der Waals surface area contributed by atoms with Gasteiger partial charge < -0.3 is 5.32 Å². The van der Waals surface area contributed by atoms with Crippen molar-refractivity contribution in [2.45, 2.75) is 34.1 Å². The Labute approximate surface area is 81.6 Å². The van der Waals surface area contributed by atoms with Crippen molar-refractivity contribution in [1.29, 1.82) is 5.26 Å². The number of allylic oxidation sites excluding steroid dienone is 2. The quantitative estimate of drug-likeness (QED) is 0.675. The summed E-state index contributed by atoms with van der Waals surface area (Å²) < 4.78 is 0. The maximum absolute atomic E-state index is 8.96. The van der Waals surface area contributed by atoms with Gasteiger partial charge in [-0.25, -0.2) is 0 Å². The number of nitrogens with one attached hydrogen (secondary N) is 1. The highest BCUT2D eigenvalue weighted by Crippen LogP contribution is 2.17. The van der Waals surface area contributed by atoms with Gasteiger partial charge in [-0.05, 0) is 18.3 Å². The lowest BCUT2D eigenvalue weighted by Gasteiger charge is -2.14. The summed E-state index contributed by atoms with van der Waals surface area (Å²) in [5, 5.41) is 12.1. The van der Waals surface area contributed by atoms with E-state index >= 15 is 0 Å². The van der Waals surface area contributed by atoms with E-state index in [2.05, 4.69) is 39.1 Å². The van der Waals surface area contributed by atoms with Gasteiger partial charge >= 0.3 is 0 Å². The fourth-order valence-corrected chi connectivity index (χ4v) is 1.30. The fraction of sp³-hybridized carbons (Fsp3) is 0.727. The molecule has 0 saturated heterocycles. The van der Waals surface area contributed by atoms with E-state index in [4.69, 9.17) is 5.26 Å². The van der Waals surface area contributed by atoms with Crippen molar-refractivity contribution >= 4 is 0 Å². The molecule has 0 atom stereocenters. The Morgan fingerprint density at radius 2 is 1.85 bits per heavy atom. The molecular formula is C11H20N2. The van der Waals surface area contributed by atoms with Crippen LogP contribution in [0.2, 0.25) is 0 Å². The molecule has 0 aliphatic heterocycles. The molecule has 0 unspecified atom stereocenters. The molecule has 0 radical (unpaired) electrons. The van der Waals surface area contributed by atoms with E-state index in [1.54, 1.807) is 0 Å². The molecule has 0 aliphatic rings. The Hall–Kier alpha value is -0.970. The second-order valence-electron chi connectivity index (χ2n) is 4.01. The molecule has 0 rings (SSSR count). The SMILES string of the molecule is CN/C(CC(C)C)=C(\C#N)C(C)C. The Kier molecular flexibility index (Phi) is 5.22. The van der Waals surface area contributed by atoms with Gasteiger partial charge in [-0.15, -0.1) is 0 Å². The summed E-state index contributed by atoms with van der Waals surface area (Å²) in [6, 6.07) is 2.28. The second-order valence-corrected chi connectivity index (χ2v) is 4.01. The van der Waals surface area contributed by atoms with Crippen LogP contribution in [0.15, 0.2) is 11.3 Å². The molecular weight excluding hydrogens is 160 g/mol. The van der Waals surface area contributed by atoms with Crippen molar-refractivity contribution in [2.75, 3.05) is 7.05 Å². The van der Waals surface area contributed by atoms with Crippen LogP contribution in [-0.4, -0.2) is 7.05 Å². The Balaban J connectivity index is 4.75. The summed E-state index contributed by atoms with van der Waals surface area (Å²) >= 11 is 0. The van der Waals surface area contributed by atoms with Gasteiger partial charge in [0.2, 0.25) is 0 Å². The summed E-state index contributed by atoms with van der Waals surface area (Å²) in [6.07, 6.45) is 0.956. The van der Waals surface area contributed by atoms with Crippen LogP contribution in [0.25, 0.3) is 0 Å². The van der Waals surface area contributed by atoms with Crippen LogP contribution < -0.4 is 5.32 Å². The molecule has 0 heterocycles. The lowest BCUT2D eigenvalue weighted by molar-refractivity contribution is 0.603. The molecule has 0 aromatic rings. The maximum atomic E-state index is 8.96. The van der Waals surface area contributed by atoms with Crippen molar-refractivity contribution in [3.63, 3.8) is 0 Å². The van der Waals surface area contributed by atoms with E-state index in [9.17, 15) is 0 Å². The number of hydrogen-bond donors (Lipinski definition) is 1. The molecule has 0 fully saturated rings. The van der Waals surface area contributed by atoms with Gasteiger partial charge in [-0.2, -0.15) is 5.26 Å². The Morgan fingerprint density at radius 1 is 1.31 bits per heavy atom. The van der Waals surface area contributed by atoms with Gasteiger partial charge in [-0.3, -0.25) is 0 Å². The van der Waals surface area contributed by atoms with E-state index in [1.165, 1.54) is 0 Å². The lowest BCUT2D eigenvalue weighted by atomic mass is 9.97. The summed E-state index contributed by atoms with van der Waals surface area (Å²) in [5.74, 6) is 0.899. The number of rotatable bonds is 4. The molecule has 0 saturated carbocycles. The first-order chi connectivity index (χ1) is 6.02. The minimum absolute atomic E-state index is 0.311. The average molecular weight is 180 g/mol. The summed E-state index contributed by atoms with van der Waals surface area (Å²) in [4.78, 5) is 0. The van der Waals surface area contributed by atoms with E-state index in [1.807, 2.05) is 7.05 Å². The molecule has 0 spiro atoms. The Morgan fingerprint density at radius 3 is 2.08 bits per heavy atom. The van der Waals surface area contributed by atoms with Crippen LogP contribution in [0.3, 0.4) is 0 Å². The molecule has 0 aromatic carbocycles. The van der Waals surface area contributed by atoms with E-state index in [0.29, 0.717) is 11.8 Å². The average Bonchev–Trinajstić information content (AvgIpc) is 2.02. The third kappa shape index (κ3) is 3.98. The zero-order valence-electron chi connectivity index (χ0n) is 9.31. The molecule has 13 heavy (non-hydrogen) atoms. The molecule has 0 bridgehead atoms. The van der Waals surface area contributed by atoms with Crippen LogP contribution >= 0.6 is 0 Å². The standard InChI is InChI=1S/C11H20N2/c1-8(2)6-11(13-5)10(7-12)9(3)4/h8-9,13H,6H2,1-5H3/b11-10+. The van der Waals surface area contributed by atoms with Crippen LogP contribution in [0.5, 0.6) is 0 Å². The van der Waals surface area contributed by atoms with Gasteiger partial charge in [0.25, 0.3) is 0 Å². The number of nitrogens with zero attached hydrogens (tertiary/aromatic N) is 1. The highest BCUT2D eigenvalue weighted by molar-refractivity contribution is 5.28. The van der Waals surface area contributed by atoms with Gasteiger partial charge in [0, 0.05) is 12.7 Å². The summed E-state index contributed by atoms with van der Waals surface area (Å²) in [5.41, 5.74) is 1.98. The van der Waals surface area contributed by atoms with Crippen LogP contribution in [0, 0.1) is 23.2 Å². The first-order valence-corrected chi connectivity index (χ1v) is 4.83. The summed E-state index contributed by atoms with van der Waals surface area (Å²) in [6.45, 7) is 8.42. The maximum Gasteiger partial charge on any atom is 0.0968 e. The third-order valence-corrected chi connectivity index (χ3v) is 1.94. The predicted molar refractivity (Wildman–Crippen MR) is 56.0 cm³/mol. The third-order valence-electron chi connectivity index (χ3n) is 1.94. The van der Waals surface area contributed by atoms with Crippen LogP contribution in [0.4, 0.5) is 0 Å². The molecule has 2 nitrogen and oxygen atoms in total. The largest absolute Gasteiger partial charge is 0.391 e. The smallest absolute Gasteiger partial charge is 0.0968 e. The van der Waals surface area contributed by atoms with Gasteiger partial charge in [0.15, 0.2) is 0 Å². The predicted octanol–water partition coefficient (Wildman–Crippen LogP) is 2.69. The minimum Gasteiger partial charge on any atom is -0.391 e. The lowest BCUT2D eigenvalue weighted by Crippen LogP contribution is -2.13. The zero-order chi connectivity index (χ0) is 10.4. The number of nitriles is 1. The van der Waals surface area contributed by atoms with Crippen molar-refractivity contribution in [1.82, 2.24) is 5.32 Å².